The molecule has 76 valence electrons. The van der Waals surface area contributed by atoms with Gasteiger partial charge >= 0.3 is 0 Å². The molecule has 0 amide bonds. The van der Waals surface area contributed by atoms with E-state index in [1.807, 2.05) is 7.05 Å². The van der Waals surface area contributed by atoms with Crippen molar-refractivity contribution >= 4 is 0 Å². The summed E-state index contributed by atoms with van der Waals surface area (Å²) >= 11 is 0. The summed E-state index contributed by atoms with van der Waals surface area (Å²) in [4.78, 5) is 4.29. The van der Waals surface area contributed by atoms with E-state index in [2.05, 4.69) is 23.6 Å². The van der Waals surface area contributed by atoms with Gasteiger partial charge in [-0.1, -0.05) is 13.8 Å². The average Bonchev–Trinajstić information content (AvgIpc) is 1.98. The van der Waals surface area contributed by atoms with Crippen LogP contribution in [0.5, 0.6) is 0 Å². The zero-order valence-electron chi connectivity index (χ0n) is 8.75. The Balaban J connectivity index is 2.67. The third-order valence-electron chi connectivity index (χ3n) is 2.11. The second kappa shape index (κ2) is 3.87. The summed E-state index contributed by atoms with van der Waals surface area (Å²) in [6.45, 7) is 6.98. The summed E-state index contributed by atoms with van der Waals surface area (Å²) in [5, 5.41) is 0. The number of hydrogen-bond donors (Lipinski definition) is 2. The van der Waals surface area contributed by atoms with Crippen LogP contribution < -0.4 is 11.5 Å². The summed E-state index contributed by atoms with van der Waals surface area (Å²) < 4.78 is 0. The maximum Gasteiger partial charge on any atom is 0.120 e. The number of nitrogens with zero attached hydrogens (tertiary/aromatic N) is 2. The molecular formula is C9H20N4. The van der Waals surface area contributed by atoms with Crippen molar-refractivity contribution in [2.24, 2.45) is 17.4 Å². The fourth-order valence-corrected chi connectivity index (χ4v) is 1.59. The van der Waals surface area contributed by atoms with E-state index in [-0.39, 0.29) is 0 Å². The van der Waals surface area contributed by atoms with Gasteiger partial charge in [-0.2, -0.15) is 0 Å². The van der Waals surface area contributed by atoms with Crippen LogP contribution in [-0.4, -0.2) is 36.6 Å². The van der Waals surface area contributed by atoms with E-state index in [0.717, 1.165) is 31.3 Å². The maximum absolute atomic E-state index is 5.89. The van der Waals surface area contributed by atoms with Gasteiger partial charge in [0.1, 0.15) is 5.82 Å². The fourth-order valence-electron chi connectivity index (χ4n) is 1.59. The second-order valence-electron chi connectivity index (χ2n) is 4.18. The molecule has 1 aliphatic rings. The Kier molecular flexibility index (Phi) is 3.03. The average molecular weight is 184 g/mol. The highest BCUT2D eigenvalue weighted by molar-refractivity contribution is 5.11. The second-order valence-corrected chi connectivity index (χ2v) is 4.18. The molecule has 0 radical (unpaired) electrons. The van der Waals surface area contributed by atoms with Crippen LogP contribution in [0.1, 0.15) is 13.8 Å². The van der Waals surface area contributed by atoms with Crippen LogP contribution in [0, 0.1) is 5.92 Å². The molecule has 1 rings (SSSR count). The quantitative estimate of drug-likeness (QED) is 0.631. The monoisotopic (exact) mass is 184 g/mol. The van der Waals surface area contributed by atoms with Gasteiger partial charge in [0.25, 0.3) is 0 Å². The number of rotatable bonds is 2. The molecule has 0 aliphatic carbocycles. The number of nitrogens with two attached hydrogens (primary N) is 2. The van der Waals surface area contributed by atoms with Crippen molar-refractivity contribution in [1.29, 1.82) is 0 Å². The summed E-state index contributed by atoms with van der Waals surface area (Å²) in [5.74, 6) is 1.37. The minimum absolute atomic E-state index is 0.609. The van der Waals surface area contributed by atoms with Crippen molar-refractivity contribution in [1.82, 2.24) is 9.80 Å². The van der Waals surface area contributed by atoms with Gasteiger partial charge in [-0.25, -0.2) is 0 Å². The summed E-state index contributed by atoms with van der Waals surface area (Å²) in [5.41, 5.74) is 12.5. The first-order chi connectivity index (χ1) is 6.00. The van der Waals surface area contributed by atoms with E-state index >= 15 is 0 Å². The Morgan fingerprint density at radius 2 is 2.00 bits per heavy atom. The first-order valence-corrected chi connectivity index (χ1v) is 4.68. The van der Waals surface area contributed by atoms with Crippen molar-refractivity contribution in [3.05, 3.63) is 11.5 Å². The third-order valence-corrected chi connectivity index (χ3v) is 2.11. The van der Waals surface area contributed by atoms with Gasteiger partial charge in [0.15, 0.2) is 0 Å². The predicted molar refractivity (Wildman–Crippen MR) is 54.4 cm³/mol. The Morgan fingerprint density at radius 3 is 2.54 bits per heavy atom. The van der Waals surface area contributed by atoms with Gasteiger partial charge in [0.2, 0.25) is 0 Å². The van der Waals surface area contributed by atoms with Crippen LogP contribution in [0.2, 0.25) is 0 Å². The zero-order valence-corrected chi connectivity index (χ0v) is 8.75. The Hall–Kier alpha value is -0.900. The van der Waals surface area contributed by atoms with Crippen LogP contribution in [-0.2, 0) is 0 Å². The summed E-state index contributed by atoms with van der Waals surface area (Å²) in [6.07, 6.45) is 0. The molecule has 4 nitrogen and oxygen atoms in total. The van der Waals surface area contributed by atoms with Gasteiger partial charge in [0, 0.05) is 13.1 Å². The van der Waals surface area contributed by atoms with E-state index in [4.69, 9.17) is 11.5 Å². The van der Waals surface area contributed by atoms with Crippen LogP contribution in [0.4, 0.5) is 0 Å². The lowest BCUT2D eigenvalue weighted by atomic mass is 10.2. The van der Waals surface area contributed by atoms with Crippen molar-refractivity contribution in [3.63, 3.8) is 0 Å². The lowest BCUT2D eigenvalue weighted by molar-refractivity contribution is 0.159. The minimum atomic E-state index is 0.609. The van der Waals surface area contributed by atoms with E-state index in [9.17, 15) is 0 Å². The van der Waals surface area contributed by atoms with Crippen LogP contribution >= 0.6 is 0 Å². The van der Waals surface area contributed by atoms with E-state index in [0.29, 0.717) is 5.92 Å². The highest BCUT2D eigenvalue weighted by Gasteiger charge is 2.19. The van der Waals surface area contributed by atoms with Crippen molar-refractivity contribution < 1.29 is 0 Å². The Bertz CT molecular complexity index is 210. The normalized spacial score (nSPS) is 20.2. The van der Waals surface area contributed by atoms with Gasteiger partial charge in [-0.15, -0.1) is 0 Å². The molecule has 4 N–H and O–H groups in total. The SMILES string of the molecule is CC(C)CN1CN(C)CC(N)=C1N. The summed E-state index contributed by atoms with van der Waals surface area (Å²) in [6, 6.07) is 0. The molecule has 0 unspecified atom stereocenters. The summed E-state index contributed by atoms with van der Waals surface area (Å²) in [7, 11) is 2.05. The van der Waals surface area contributed by atoms with Gasteiger partial charge in [-0.05, 0) is 13.0 Å². The van der Waals surface area contributed by atoms with Crippen molar-refractivity contribution in [3.8, 4) is 0 Å². The Morgan fingerprint density at radius 1 is 1.38 bits per heavy atom. The number of hydrogen-bond acceptors (Lipinski definition) is 4. The van der Waals surface area contributed by atoms with Crippen LogP contribution in [0.15, 0.2) is 11.5 Å². The first-order valence-electron chi connectivity index (χ1n) is 4.68. The molecule has 13 heavy (non-hydrogen) atoms. The van der Waals surface area contributed by atoms with E-state index < -0.39 is 0 Å². The highest BCUT2D eigenvalue weighted by Crippen LogP contribution is 2.11. The molecule has 4 heteroatoms. The van der Waals surface area contributed by atoms with Crippen LogP contribution in [0.3, 0.4) is 0 Å². The lowest BCUT2D eigenvalue weighted by Crippen LogP contribution is -2.47. The highest BCUT2D eigenvalue weighted by atomic mass is 15.4. The zero-order chi connectivity index (χ0) is 10.0. The molecule has 0 spiro atoms. The van der Waals surface area contributed by atoms with Gasteiger partial charge in [0.05, 0.1) is 12.4 Å². The van der Waals surface area contributed by atoms with Gasteiger partial charge < -0.3 is 16.4 Å². The van der Waals surface area contributed by atoms with E-state index in [1.165, 1.54) is 0 Å². The molecule has 1 heterocycles. The largest absolute Gasteiger partial charge is 0.398 e. The molecule has 0 bridgehead atoms. The third kappa shape index (κ3) is 2.52. The molecule has 0 fully saturated rings. The Labute approximate surface area is 80.2 Å². The molecule has 0 atom stereocenters. The van der Waals surface area contributed by atoms with Crippen molar-refractivity contribution in [2.75, 3.05) is 26.8 Å². The fraction of sp³-hybridized carbons (Fsp3) is 0.778. The minimum Gasteiger partial charge on any atom is -0.398 e. The molecule has 1 aliphatic heterocycles. The van der Waals surface area contributed by atoms with E-state index in [1.54, 1.807) is 0 Å². The number of likely N-dealkylation sites (N-methyl/N-ethyl adjacent to an activating group) is 1. The smallest absolute Gasteiger partial charge is 0.120 e. The molecule has 0 aromatic carbocycles. The maximum atomic E-state index is 5.89. The topological polar surface area (TPSA) is 58.5 Å². The van der Waals surface area contributed by atoms with Crippen molar-refractivity contribution in [2.45, 2.75) is 13.8 Å². The van der Waals surface area contributed by atoms with Gasteiger partial charge in [-0.3, -0.25) is 4.90 Å². The standard InChI is InChI=1S/C9H20N4/c1-7(2)4-13-6-12(3)5-8(10)9(13)11/h7H,4-6,10-11H2,1-3H3. The molecular weight excluding hydrogens is 164 g/mol. The molecule has 0 aromatic rings. The molecule has 0 aromatic heterocycles. The lowest BCUT2D eigenvalue weighted by Gasteiger charge is -2.36. The van der Waals surface area contributed by atoms with Crippen LogP contribution in [0.25, 0.3) is 0 Å². The predicted octanol–water partition coefficient (Wildman–Crippen LogP) is -0.0662. The molecule has 0 saturated carbocycles. The molecule has 0 saturated heterocycles. The first kappa shape index (κ1) is 10.2.